The second kappa shape index (κ2) is 11.1. The number of rotatable bonds is 10. The predicted octanol–water partition coefficient (Wildman–Crippen LogP) is 3.62. The third-order valence-corrected chi connectivity index (χ3v) is 5.12. The van der Waals surface area contributed by atoms with Crippen LogP contribution in [0, 0.1) is 0 Å². The lowest BCUT2D eigenvalue weighted by Gasteiger charge is -2.36. The maximum absolute atomic E-state index is 6.09. The highest BCUT2D eigenvalue weighted by atomic mass is 16.5. The maximum Gasteiger partial charge on any atom is 0.188 e. The molecule has 0 aromatic heterocycles. The number of aliphatic imine (C=N–C) groups is 1. The van der Waals surface area contributed by atoms with E-state index in [2.05, 4.69) is 41.5 Å². The van der Waals surface area contributed by atoms with Crippen LogP contribution in [0.3, 0.4) is 0 Å². The molecule has 146 valence electrons. The van der Waals surface area contributed by atoms with Crippen molar-refractivity contribution in [3.63, 3.8) is 0 Å². The highest BCUT2D eigenvalue weighted by Crippen LogP contribution is 2.36. The summed E-state index contributed by atoms with van der Waals surface area (Å²) in [5.41, 5.74) is 7.39. The van der Waals surface area contributed by atoms with Crippen molar-refractivity contribution in [3.8, 4) is 5.75 Å². The molecule has 26 heavy (non-hydrogen) atoms. The number of nitrogens with zero attached hydrogens (tertiary/aromatic N) is 1. The Labute approximate surface area is 158 Å². The smallest absolute Gasteiger partial charge is 0.188 e. The van der Waals surface area contributed by atoms with E-state index in [9.17, 15) is 0 Å². The van der Waals surface area contributed by atoms with Gasteiger partial charge in [0.05, 0.1) is 13.2 Å². The number of benzene rings is 1. The molecule has 5 heteroatoms. The topological polar surface area (TPSA) is 68.9 Å². The molecule has 1 aromatic carbocycles. The molecule has 1 heterocycles. The van der Waals surface area contributed by atoms with Gasteiger partial charge in [-0.15, -0.1) is 0 Å². The van der Waals surface area contributed by atoms with E-state index >= 15 is 0 Å². The molecule has 0 atom stereocenters. The predicted molar refractivity (Wildman–Crippen MR) is 108 cm³/mol. The molecular weight excluding hydrogens is 326 g/mol. The van der Waals surface area contributed by atoms with Gasteiger partial charge < -0.3 is 20.5 Å². The van der Waals surface area contributed by atoms with Gasteiger partial charge in [0.2, 0.25) is 0 Å². The summed E-state index contributed by atoms with van der Waals surface area (Å²) in [5, 5.41) is 3.25. The molecule has 0 saturated carbocycles. The van der Waals surface area contributed by atoms with Crippen molar-refractivity contribution < 1.29 is 9.47 Å². The van der Waals surface area contributed by atoms with Gasteiger partial charge >= 0.3 is 0 Å². The van der Waals surface area contributed by atoms with Gasteiger partial charge in [0.25, 0.3) is 0 Å². The molecule has 0 bridgehead atoms. The van der Waals surface area contributed by atoms with E-state index in [-0.39, 0.29) is 5.41 Å². The van der Waals surface area contributed by atoms with Crippen molar-refractivity contribution in [1.82, 2.24) is 5.32 Å². The van der Waals surface area contributed by atoms with E-state index in [0.717, 1.165) is 44.8 Å². The van der Waals surface area contributed by atoms with E-state index in [1.807, 2.05) is 6.92 Å². The normalized spacial score (nSPS) is 17.1. The molecule has 1 saturated heterocycles. The SMILES string of the molecule is CCCCCCNC(N)=NCC1(c2ccc(OCC)cc2)CCOCC1. The summed E-state index contributed by atoms with van der Waals surface area (Å²) in [6.45, 7) is 8.04. The fourth-order valence-electron chi connectivity index (χ4n) is 3.43. The summed E-state index contributed by atoms with van der Waals surface area (Å²) in [7, 11) is 0. The number of unbranched alkanes of at least 4 members (excludes halogenated alkanes) is 3. The fraction of sp³-hybridized carbons (Fsp3) is 0.667. The lowest BCUT2D eigenvalue weighted by Crippen LogP contribution is -2.39. The molecule has 5 nitrogen and oxygen atoms in total. The number of nitrogens with two attached hydrogens (primary N) is 1. The summed E-state index contributed by atoms with van der Waals surface area (Å²) in [6.07, 6.45) is 6.84. The lowest BCUT2D eigenvalue weighted by atomic mass is 9.74. The Morgan fingerprint density at radius 1 is 1.15 bits per heavy atom. The van der Waals surface area contributed by atoms with Crippen LogP contribution in [0.15, 0.2) is 29.3 Å². The second-order valence-corrected chi connectivity index (χ2v) is 7.04. The average Bonchev–Trinajstić information content (AvgIpc) is 2.68. The Morgan fingerprint density at radius 2 is 1.88 bits per heavy atom. The van der Waals surface area contributed by atoms with Crippen LogP contribution in [0.25, 0.3) is 0 Å². The van der Waals surface area contributed by atoms with E-state index in [0.29, 0.717) is 19.1 Å². The van der Waals surface area contributed by atoms with Crippen LogP contribution in [0.2, 0.25) is 0 Å². The maximum atomic E-state index is 6.09. The minimum Gasteiger partial charge on any atom is -0.494 e. The minimum absolute atomic E-state index is 0.00247. The van der Waals surface area contributed by atoms with E-state index in [1.165, 1.54) is 24.8 Å². The first-order valence-electron chi connectivity index (χ1n) is 10.0. The third-order valence-electron chi connectivity index (χ3n) is 5.12. The van der Waals surface area contributed by atoms with Crippen molar-refractivity contribution in [2.45, 2.75) is 57.8 Å². The van der Waals surface area contributed by atoms with Crippen molar-refractivity contribution >= 4 is 5.96 Å². The summed E-state index contributed by atoms with van der Waals surface area (Å²) >= 11 is 0. The molecule has 1 fully saturated rings. The Bertz CT molecular complexity index is 537. The monoisotopic (exact) mass is 361 g/mol. The molecule has 1 aromatic rings. The van der Waals surface area contributed by atoms with Crippen molar-refractivity contribution in [2.24, 2.45) is 10.7 Å². The lowest BCUT2D eigenvalue weighted by molar-refractivity contribution is 0.0531. The molecule has 2 rings (SSSR count). The van der Waals surface area contributed by atoms with Crippen LogP contribution in [0.1, 0.15) is 57.9 Å². The summed E-state index contributed by atoms with van der Waals surface area (Å²) in [6, 6.07) is 8.44. The van der Waals surface area contributed by atoms with Crippen LogP contribution in [-0.2, 0) is 10.2 Å². The molecule has 0 spiro atoms. The molecule has 3 N–H and O–H groups in total. The fourth-order valence-corrected chi connectivity index (χ4v) is 3.43. The zero-order chi connectivity index (χ0) is 18.7. The molecule has 1 aliphatic heterocycles. The molecule has 0 unspecified atom stereocenters. The Morgan fingerprint density at radius 3 is 2.54 bits per heavy atom. The van der Waals surface area contributed by atoms with Crippen LogP contribution < -0.4 is 15.8 Å². The minimum atomic E-state index is -0.00247. The Kier molecular flexibility index (Phi) is 8.75. The standard InChI is InChI=1S/C21H35N3O2/c1-3-5-6-7-14-23-20(22)24-17-21(12-15-25-16-13-21)18-8-10-19(11-9-18)26-4-2/h8-11H,3-7,12-17H2,1-2H3,(H3,22,23,24). The van der Waals surface area contributed by atoms with Gasteiger partial charge in [-0.3, -0.25) is 4.99 Å². The quantitative estimate of drug-likeness (QED) is 0.379. The van der Waals surface area contributed by atoms with Crippen molar-refractivity contribution in [1.29, 1.82) is 0 Å². The van der Waals surface area contributed by atoms with Crippen LogP contribution in [0.5, 0.6) is 5.75 Å². The van der Waals surface area contributed by atoms with Crippen molar-refractivity contribution in [2.75, 3.05) is 32.9 Å². The number of ether oxygens (including phenoxy) is 2. The molecule has 0 aliphatic carbocycles. The summed E-state index contributed by atoms with van der Waals surface area (Å²) in [5.74, 6) is 1.47. The molecule has 0 amide bonds. The molecule has 0 radical (unpaired) electrons. The summed E-state index contributed by atoms with van der Waals surface area (Å²) < 4.78 is 11.2. The van der Waals surface area contributed by atoms with Gasteiger partial charge in [0, 0.05) is 25.2 Å². The third kappa shape index (κ3) is 6.20. The van der Waals surface area contributed by atoms with Crippen LogP contribution in [0.4, 0.5) is 0 Å². The second-order valence-electron chi connectivity index (χ2n) is 7.04. The van der Waals surface area contributed by atoms with Gasteiger partial charge in [-0.05, 0) is 43.9 Å². The van der Waals surface area contributed by atoms with Gasteiger partial charge in [0.1, 0.15) is 5.75 Å². The first-order valence-corrected chi connectivity index (χ1v) is 10.0. The molecular formula is C21H35N3O2. The number of guanidine groups is 1. The van der Waals surface area contributed by atoms with Gasteiger partial charge in [-0.1, -0.05) is 38.3 Å². The van der Waals surface area contributed by atoms with E-state index < -0.39 is 0 Å². The average molecular weight is 362 g/mol. The Hall–Kier alpha value is -1.75. The van der Waals surface area contributed by atoms with E-state index in [1.54, 1.807) is 0 Å². The van der Waals surface area contributed by atoms with Crippen molar-refractivity contribution in [3.05, 3.63) is 29.8 Å². The number of nitrogens with one attached hydrogen (secondary N) is 1. The number of hydrogen-bond acceptors (Lipinski definition) is 3. The van der Waals surface area contributed by atoms with Crippen LogP contribution in [-0.4, -0.2) is 38.9 Å². The zero-order valence-corrected chi connectivity index (χ0v) is 16.4. The zero-order valence-electron chi connectivity index (χ0n) is 16.4. The number of hydrogen-bond donors (Lipinski definition) is 2. The molecule has 1 aliphatic rings. The Balaban J connectivity index is 1.98. The highest BCUT2D eigenvalue weighted by Gasteiger charge is 2.34. The largest absolute Gasteiger partial charge is 0.494 e. The van der Waals surface area contributed by atoms with Gasteiger partial charge in [0.15, 0.2) is 5.96 Å². The van der Waals surface area contributed by atoms with Gasteiger partial charge in [-0.25, -0.2) is 0 Å². The summed E-state index contributed by atoms with van der Waals surface area (Å²) in [4.78, 5) is 4.67. The van der Waals surface area contributed by atoms with Gasteiger partial charge in [-0.2, -0.15) is 0 Å². The highest BCUT2D eigenvalue weighted by molar-refractivity contribution is 5.77. The van der Waals surface area contributed by atoms with E-state index in [4.69, 9.17) is 15.2 Å². The first kappa shape index (κ1) is 20.6. The first-order chi connectivity index (χ1) is 12.7. The van der Waals surface area contributed by atoms with Crippen LogP contribution >= 0.6 is 0 Å².